The molecule has 0 spiro atoms. The van der Waals surface area contributed by atoms with Gasteiger partial charge in [0.2, 0.25) is 0 Å². The molecule has 1 rings (SSSR count). The van der Waals surface area contributed by atoms with Gasteiger partial charge in [-0.3, -0.25) is 9.53 Å². The van der Waals surface area contributed by atoms with Crippen LogP contribution in [0.4, 0.5) is 154 Å². The fourth-order valence-corrected chi connectivity index (χ4v) is 5.53. The van der Waals surface area contributed by atoms with Crippen molar-refractivity contribution in [2.24, 2.45) is 11.8 Å². The van der Waals surface area contributed by atoms with Gasteiger partial charge in [0.25, 0.3) is 0 Å². The van der Waals surface area contributed by atoms with E-state index in [4.69, 9.17) is 0 Å². The molecule has 0 aliphatic heterocycles. The van der Waals surface area contributed by atoms with Gasteiger partial charge in [-0.1, -0.05) is 65.1 Å². The number of halogens is 39. The van der Waals surface area contributed by atoms with E-state index in [2.05, 4.69) is 121 Å². The molecule has 502 valence electrons. The summed E-state index contributed by atoms with van der Waals surface area (Å²) in [4.78, 5) is 21.1. The van der Waals surface area contributed by atoms with Gasteiger partial charge < -0.3 is 32.0 Å². The number of nitrogens with zero attached hydrogens (tertiary/aromatic N) is 1. The van der Waals surface area contributed by atoms with Crippen LogP contribution >= 0.6 is 82.4 Å². The van der Waals surface area contributed by atoms with Crippen LogP contribution in [-0.2, 0) is 55.4 Å². The Morgan fingerprint density at radius 2 is 0.859 bits per heavy atom. The molecule has 1 heterocycles. The Labute approximate surface area is 526 Å². The number of alkyl halides is 37. The zero-order valence-electron chi connectivity index (χ0n) is 40.2. The van der Waals surface area contributed by atoms with Crippen molar-refractivity contribution in [1.82, 2.24) is 0 Å². The summed E-state index contributed by atoms with van der Waals surface area (Å²) in [6.07, 6.45) is -76.5. The summed E-state index contributed by atoms with van der Waals surface area (Å²) >= 11 is 13.7. The fraction of sp³-hybridized carbons (Fsp3) is 0.788. The summed E-state index contributed by atoms with van der Waals surface area (Å²) in [6, 6.07) is 4.96. The van der Waals surface area contributed by atoms with Crippen LogP contribution in [0.5, 0.6) is 0 Å². The molecule has 0 amide bonds. The second-order valence-electron chi connectivity index (χ2n) is 14.4. The first kappa shape index (κ1) is 93.1. The Hall–Kier alpha value is -0.620. The predicted octanol–water partition coefficient (Wildman–Crippen LogP) is 13.2. The summed E-state index contributed by atoms with van der Waals surface area (Å²) in [7, 11) is -0.547. The molecular formula is C33H25F35I4NNaO10S. The number of carbonyl (C=O) groups is 2. The van der Waals surface area contributed by atoms with E-state index >= 15 is 0 Å². The number of esters is 2. The summed E-state index contributed by atoms with van der Waals surface area (Å²) in [5.41, 5.74) is 0. The molecule has 1 atom stereocenters. The van der Waals surface area contributed by atoms with Crippen LogP contribution in [0, 0.1) is 17.0 Å². The molecule has 0 bridgehead atoms. The van der Waals surface area contributed by atoms with E-state index in [0.717, 1.165) is 15.4 Å². The zero-order valence-corrected chi connectivity index (χ0v) is 51.6. The monoisotopic (exact) mass is 1820 g/mol. The molecule has 0 saturated carbocycles. The van der Waals surface area contributed by atoms with Gasteiger partial charge in [-0.2, -0.15) is 119 Å². The predicted molar refractivity (Wildman–Crippen MR) is 235 cm³/mol. The van der Waals surface area contributed by atoms with Crippen LogP contribution in [0.2, 0.25) is 0 Å². The van der Waals surface area contributed by atoms with Crippen LogP contribution in [0.1, 0.15) is 26.7 Å². The van der Waals surface area contributed by atoms with Gasteiger partial charge in [-0.05, 0) is 12.0 Å². The molecule has 0 aliphatic rings. The van der Waals surface area contributed by atoms with Crippen molar-refractivity contribution in [1.29, 1.82) is 0 Å². The van der Waals surface area contributed by atoms with E-state index in [9.17, 15) is 168 Å². The minimum atomic E-state index is -8.78. The maximum absolute atomic E-state index is 13.5. The molecule has 0 saturated heterocycles. The number of aromatic nitrogens is 1. The van der Waals surface area contributed by atoms with Gasteiger partial charge >= 0.3 is 139 Å². The number of hydrogen-bond donors (Lipinski definition) is 0. The van der Waals surface area contributed by atoms with Crippen molar-refractivity contribution in [3.05, 3.63) is 29.6 Å². The molecule has 1 unspecified atom stereocenters. The smallest absolute Gasteiger partial charge is 0.709 e. The van der Waals surface area contributed by atoms with E-state index < -0.39 is 142 Å². The summed E-state index contributed by atoms with van der Waals surface area (Å²) in [6.45, 7) is -0.171. The molecule has 0 aliphatic carbocycles. The Morgan fingerprint density at radius 3 is 1.12 bits per heavy atom. The van der Waals surface area contributed by atoms with Gasteiger partial charge in [0.05, 0.1) is 18.1 Å². The third kappa shape index (κ3) is 27.6. The molecule has 1 aromatic rings. The van der Waals surface area contributed by atoms with Crippen molar-refractivity contribution in [3.63, 3.8) is 0 Å². The van der Waals surface area contributed by atoms with Gasteiger partial charge in [-0.15, -0.1) is 39.5 Å². The number of pyridine rings is 1. The first-order chi connectivity index (χ1) is 36.7. The van der Waals surface area contributed by atoms with E-state index in [0.29, 0.717) is 16.7 Å². The minimum Gasteiger partial charge on any atom is -0.709 e. The van der Waals surface area contributed by atoms with Crippen molar-refractivity contribution in [3.8, 4) is 0 Å². The van der Waals surface area contributed by atoms with Crippen LogP contribution in [0.25, 0.3) is 0 Å². The van der Waals surface area contributed by atoms with Gasteiger partial charge in [0.15, 0.2) is 6.20 Å². The first-order valence-electron chi connectivity index (χ1n) is 19.1. The number of rotatable bonds is 24. The number of carbonyl (C=O) groups excluding carboxylic acids is 2. The Morgan fingerprint density at radius 1 is 0.529 bits per heavy atom. The number of hydrogen-bond acceptors (Lipinski definition) is 11. The molecule has 0 N–H and O–H groups in total. The van der Waals surface area contributed by atoms with E-state index in [1.807, 2.05) is 0 Å². The zero-order chi connectivity index (χ0) is 68.8. The van der Waals surface area contributed by atoms with Crippen LogP contribution < -0.4 is 34.3 Å². The average molecular weight is 1820 g/mol. The second kappa shape index (κ2) is 33.8. The Kier molecular flexibility index (Phi) is 37.0. The second-order valence-corrected chi connectivity index (χ2v) is 16.6. The third-order valence-corrected chi connectivity index (χ3v) is 11.2. The minimum absolute atomic E-state index is 0. The topological polar surface area (TPSA) is 126 Å². The number of methoxy groups -OCH3 is 1. The van der Waals surface area contributed by atoms with E-state index in [-0.39, 0.29) is 29.6 Å². The SMILES string of the molecule is CC(CC(=O)OC(F)(F)F)C(F)(F)C(=O)OC(F)(F)F.CC(CI)CI.COC(F)(F)C(F)(F)OC(F)(F)C(F)(F)C(F)(F)C(F)(F)OC(F)(F)C(F)(F)OC(F)(F)C(F)(F)C(F)(F)C(F)(F)CCOC(F)(F)F.II.[Na+].[O-][n+]1ccccc1[S-]. The standard InChI is InChI=1S/C16H7F27O5.C8H6F8O4.C5H5NOS.C4H8I2.I2.Na/c1-44-12(33,34)13(35,36)46-10(29,30)7(23,24)8(25,26)11(31,32)48-15(39,40)14(37,38)47-9(27,28)6(21,22)5(19,20)4(17,18)2-3-45-16(41,42)43;1-3(2-4(17)19-7(11,12)13)6(9,10)5(18)20-8(14,15)16;7-6-4-2-1-3-5(6)8;1-4(2-5)3-6;1-2;/h2-3H2,1H3;3H,2H2,1H3;1-4,8H;4H,2-3H2,1H3;;/q;;;;;+1/p-1. The molecule has 0 aromatic carbocycles. The van der Waals surface area contributed by atoms with Crippen LogP contribution in [0.3, 0.4) is 0 Å². The fourth-order valence-electron chi connectivity index (χ4n) is 3.58. The van der Waals surface area contributed by atoms with Crippen molar-refractivity contribution >= 4 is 107 Å². The van der Waals surface area contributed by atoms with Gasteiger partial charge in [-0.25, -0.2) is 19.0 Å². The summed E-state index contributed by atoms with van der Waals surface area (Å²) in [5.74, 6) is -52.4. The molecule has 0 radical (unpaired) electrons. The van der Waals surface area contributed by atoms with Gasteiger partial charge in [0, 0.05) is 71.6 Å². The molecule has 52 heteroatoms. The summed E-state index contributed by atoms with van der Waals surface area (Å²) in [5, 5.41) is 10.7. The first-order valence-corrected chi connectivity index (χ1v) is 28.9. The normalized spacial score (nSPS) is 14.4. The van der Waals surface area contributed by atoms with Crippen LogP contribution in [0.15, 0.2) is 29.4 Å². The van der Waals surface area contributed by atoms with Crippen molar-refractivity contribution in [2.75, 3.05) is 22.6 Å². The maximum atomic E-state index is 13.5. The Balaban J connectivity index is -0.000000464. The maximum Gasteiger partial charge on any atom is 1.00 e. The quantitative estimate of drug-likeness (QED) is 0.0144. The molecule has 11 nitrogen and oxygen atoms in total. The average Bonchev–Trinajstić information content (AvgIpc) is 3.27. The Bertz CT molecular complexity index is 2160. The molecule has 1 aromatic heterocycles. The van der Waals surface area contributed by atoms with E-state index in [1.54, 1.807) is 18.2 Å². The van der Waals surface area contributed by atoms with Crippen molar-refractivity contribution < 1.29 is 231 Å². The molecule has 0 fully saturated rings. The van der Waals surface area contributed by atoms with Crippen LogP contribution in [-0.4, -0.2) is 132 Å². The number of ether oxygens (including phenoxy) is 7. The van der Waals surface area contributed by atoms with Gasteiger partial charge in [0.1, 0.15) is 0 Å². The molecule has 85 heavy (non-hydrogen) atoms. The van der Waals surface area contributed by atoms with E-state index in [1.165, 1.54) is 19.8 Å². The summed E-state index contributed by atoms with van der Waals surface area (Å²) < 4.78 is 468. The molecular weight excluding hydrogens is 1800 g/mol. The largest absolute Gasteiger partial charge is 1.00 e. The van der Waals surface area contributed by atoms with Crippen molar-refractivity contribution in [2.45, 2.75) is 129 Å². The third-order valence-electron chi connectivity index (χ3n) is 7.85.